The van der Waals surface area contributed by atoms with Gasteiger partial charge in [0, 0.05) is 10.6 Å². The molecule has 0 unspecified atom stereocenters. The van der Waals surface area contributed by atoms with Gasteiger partial charge in [0.1, 0.15) is 12.3 Å². The van der Waals surface area contributed by atoms with Crippen LogP contribution in [0.25, 0.3) is 6.08 Å². The van der Waals surface area contributed by atoms with Gasteiger partial charge in [0.2, 0.25) is 5.82 Å². The predicted molar refractivity (Wildman–Crippen MR) is 131 cm³/mol. The first-order valence-electron chi connectivity index (χ1n) is 10.4. The number of benzene rings is 3. The molecule has 0 saturated heterocycles. The van der Waals surface area contributed by atoms with Gasteiger partial charge in [-0.15, -0.1) is 0 Å². The lowest BCUT2D eigenvalue weighted by Gasteiger charge is -2.15. The van der Waals surface area contributed by atoms with Gasteiger partial charge in [-0.3, -0.25) is 4.79 Å². The Morgan fingerprint density at radius 3 is 2.27 bits per heavy atom. The van der Waals surface area contributed by atoms with Crippen LogP contribution in [-0.2, 0) is 11.4 Å². The fraction of sp³-hybridized carbons (Fsp3) is 0.120. The van der Waals surface area contributed by atoms with Crippen LogP contribution in [0.4, 0.5) is 27.6 Å². The van der Waals surface area contributed by atoms with Crippen LogP contribution in [0.1, 0.15) is 18.1 Å². The number of ether oxygens (including phenoxy) is 2. The number of carbonyl (C=O) groups is 1. The van der Waals surface area contributed by atoms with E-state index in [0.717, 1.165) is 5.56 Å². The summed E-state index contributed by atoms with van der Waals surface area (Å²) in [7, 11) is 1.40. The molecule has 0 radical (unpaired) electrons. The molecule has 0 saturated carbocycles. The number of carbonyl (C=O) groups excluding carboxylic acids is 1. The third-order valence-corrected chi connectivity index (χ3v) is 6.31. The Kier molecular flexibility index (Phi) is 7.56. The Morgan fingerprint density at radius 2 is 1.65 bits per heavy atom. The summed E-state index contributed by atoms with van der Waals surface area (Å²) in [5, 5.41) is 4.38. The third kappa shape index (κ3) is 4.93. The summed E-state index contributed by atoms with van der Waals surface area (Å²) < 4.78 is 81.1. The van der Waals surface area contributed by atoms with Crippen molar-refractivity contribution in [2.24, 2.45) is 5.10 Å². The maximum Gasteiger partial charge on any atom is 0.280 e. The number of rotatable bonds is 6. The molecular weight excluding hydrogens is 587 g/mol. The second-order valence-corrected chi connectivity index (χ2v) is 8.95. The van der Waals surface area contributed by atoms with Gasteiger partial charge in [0.25, 0.3) is 5.91 Å². The molecule has 0 fully saturated rings. The summed E-state index contributed by atoms with van der Waals surface area (Å²) in [6, 6.07) is 10.2. The summed E-state index contributed by atoms with van der Waals surface area (Å²) in [5.41, 5.74) is -0.483. The van der Waals surface area contributed by atoms with Crippen molar-refractivity contribution < 1.29 is 36.2 Å². The van der Waals surface area contributed by atoms with Crippen molar-refractivity contribution in [1.29, 1.82) is 0 Å². The number of hydrazone groups is 1. The molecule has 37 heavy (non-hydrogen) atoms. The van der Waals surface area contributed by atoms with E-state index in [0.29, 0.717) is 20.8 Å². The highest BCUT2D eigenvalue weighted by Gasteiger charge is 2.37. The van der Waals surface area contributed by atoms with Gasteiger partial charge in [-0.2, -0.15) is 10.1 Å². The number of anilines is 1. The zero-order valence-electron chi connectivity index (χ0n) is 19.0. The van der Waals surface area contributed by atoms with Gasteiger partial charge in [-0.1, -0.05) is 29.8 Å². The lowest BCUT2D eigenvalue weighted by Crippen LogP contribution is -2.25. The van der Waals surface area contributed by atoms with E-state index >= 15 is 0 Å². The summed E-state index contributed by atoms with van der Waals surface area (Å²) in [5.74, 6) is -11.5. The maximum absolute atomic E-state index is 14.3. The van der Waals surface area contributed by atoms with Gasteiger partial charge in [0.15, 0.2) is 34.8 Å². The summed E-state index contributed by atoms with van der Waals surface area (Å²) in [6.45, 7) is 1.49. The highest BCUT2D eigenvalue weighted by Crippen LogP contribution is 2.39. The number of amides is 1. The van der Waals surface area contributed by atoms with Gasteiger partial charge in [-0.05, 0) is 52.7 Å². The summed E-state index contributed by atoms with van der Waals surface area (Å²) in [6.07, 6.45) is 1.33. The number of nitrogens with zero attached hydrogens (tertiary/aromatic N) is 2. The quantitative estimate of drug-likeness (QED) is 0.130. The molecule has 12 heteroatoms. The molecule has 0 aromatic heterocycles. The normalized spacial score (nSPS) is 14.4. The number of halogens is 7. The zero-order valence-corrected chi connectivity index (χ0v) is 21.4. The number of hydrogen-bond donors (Lipinski definition) is 0. The highest BCUT2D eigenvalue weighted by atomic mass is 79.9. The molecule has 3 aromatic rings. The SMILES string of the molecule is COc1cc(/C=C2\C(=O)N(c3c(F)c(F)c(F)c(F)c3F)N=C2C)cc(Br)c1OCc1ccccc1Cl. The van der Waals surface area contributed by atoms with E-state index < -0.39 is 40.7 Å². The van der Waals surface area contributed by atoms with E-state index in [1.165, 1.54) is 26.2 Å². The summed E-state index contributed by atoms with van der Waals surface area (Å²) in [4.78, 5) is 12.9. The van der Waals surface area contributed by atoms with Crippen LogP contribution >= 0.6 is 27.5 Å². The lowest BCUT2D eigenvalue weighted by molar-refractivity contribution is -0.114. The molecule has 0 N–H and O–H groups in total. The molecule has 3 aromatic carbocycles. The fourth-order valence-electron chi connectivity index (χ4n) is 3.51. The van der Waals surface area contributed by atoms with Crippen LogP contribution in [0.5, 0.6) is 11.5 Å². The van der Waals surface area contributed by atoms with Crippen molar-refractivity contribution in [3.8, 4) is 11.5 Å². The molecule has 0 atom stereocenters. The van der Waals surface area contributed by atoms with Crippen LogP contribution < -0.4 is 14.5 Å². The smallest absolute Gasteiger partial charge is 0.280 e. The summed E-state index contributed by atoms with van der Waals surface area (Å²) >= 11 is 9.56. The van der Waals surface area contributed by atoms with Crippen molar-refractivity contribution in [1.82, 2.24) is 0 Å². The van der Waals surface area contributed by atoms with Crippen molar-refractivity contribution in [2.45, 2.75) is 13.5 Å². The van der Waals surface area contributed by atoms with E-state index in [2.05, 4.69) is 21.0 Å². The van der Waals surface area contributed by atoms with Gasteiger partial charge >= 0.3 is 0 Å². The monoisotopic (exact) mass is 600 g/mol. The fourth-order valence-corrected chi connectivity index (χ4v) is 4.27. The van der Waals surface area contributed by atoms with Crippen LogP contribution in [0, 0.1) is 29.1 Å². The molecule has 5 nitrogen and oxygen atoms in total. The average molecular weight is 602 g/mol. The van der Waals surface area contributed by atoms with Gasteiger partial charge in [-0.25, -0.2) is 22.0 Å². The molecule has 1 aliphatic rings. The Labute approximate surface area is 220 Å². The first-order valence-corrected chi connectivity index (χ1v) is 11.6. The lowest BCUT2D eigenvalue weighted by atomic mass is 10.1. The van der Waals surface area contributed by atoms with Gasteiger partial charge < -0.3 is 9.47 Å². The van der Waals surface area contributed by atoms with Crippen LogP contribution in [0.2, 0.25) is 5.02 Å². The van der Waals surface area contributed by atoms with Gasteiger partial charge in [0.05, 0.1) is 22.9 Å². The highest BCUT2D eigenvalue weighted by molar-refractivity contribution is 9.10. The van der Waals surface area contributed by atoms with E-state index in [4.69, 9.17) is 21.1 Å². The number of hydrogen-bond acceptors (Lipinski definition) is 4. The average Bonchev–Trinajstić information content (AvgIpc) is 3.14. The molecule has 0 bridgehead atoms. The van der Waals surface area contributed by atoms with Crippen molar-refractivity contribution in [3.05, 3.63) is 91.7 Å². The van der Waals surface area contributed by atoms with E-state index in [1.807, 2.05) is 6.07 Å². The standard InChI is InChI=1S/C25H15BrClF5N2O3/c1-11-14(25(35)34(33-11)23-21(31)19(29)18(28)20(30)22(23)32)7-12-8-15(26)24(17(9-12)36-2)37-10-13-5-3-4-6-16(13)27/h3-9H,10H2,1-2H3/b14-7-. The Bertz CT molecular complexity index is 1470. The molecule has 1 aliphatic heterocycles. The number of methoxy groups -OCH3 is 1. The first kappa shape index (κ1) is 26.6. The van der Waals surface area contributed by atoms with E-state index in [-0.39, 0.29) is 28.7 Å². The minimum Gasteiger partial charge on any atom is -0.493 e. The third-order valence-electron chi connectivity index (χ3n) is 5.35. The zero-order chi connectivity index (χ0) is 27.0. The van der Waals surface area contributed by atoms with Crippen LogP contribution in [-0.4, -0.2) is 18.7 Å². The molecule has 0 spiro atoms. The minimum absolute atomic E-state index is 0.0110. The van der Waals surface area contributed by atoms with E-state index in [1.54, 1.807) is 24.3 Å². The topological polar surface area (TPSA) is 51.1 Å². The second-order valence-electron chi connectivity index (χ2n) is 7.69. The molecule has 4 rings (SSSR count). The largest absolute Gasteiger partial charge is 0.493 e. The molecule has 1 heterocycles. The Morgan fingerprint density at radius 1 is 1.03 bits per heavy atom. The predicted octanol–water partition coefficient (Wildman–Crippen LogP) is 7.19. The Balaban J connectivity index is 1.67. The van der Waals surface area contributed by atoms with Crippen LogP contribution in [0.3, 0.4) is 0 Å². The van der Waals surface area contributed by atoms with E-state index in [9.17, 15) is 26.7 Å². The van der Waals surface area contributed by atoms with Crippen molar-refractivity contribution in [3.63, 3.8) is 0 Å². The second kappa shape index (κ2) is 10.5. The molecule has 0 aliphatic carbocycles. The van der Waals surface area contributed by atoms with Crippen molar-refractivity contribution >= 4 is 50.9 Å². The molecule has 1 amide bonds. The molecule has 192 valence electrons. The molecular formula is C25H15BrClF5N2O3. The Hall–Kier alpha value is -3.44. The van der Waals surface area contributed by atoms with Crippen molar-refractivity contribution in [2.75, 3.05) is 12.1 Å². The minimum atomic E-state index is -2.34. The maximum atomic E-state index is 14.3. The van der Waals surface area contributed by atoms with Crippen LogP contribution in [0.15, 0.2) is 51.5 Å². The first-order chi connectivity index (χ1) is 17.5.